The molecule has 0 aromatic heterocycles. The normalized spacial score (nSPS) is 15.3. The highest BCUT2D eigenvalue weighted by Crippen LogP contribution is 2.40. The third-order valence-corrected chi connectivity index (χ3v) is 5.12. The van der Waals surface area contributed by atoms with Gasteiger partial charge in [-0.25, -0.2) is 0 Å². The van der Waals surface area contributed by atoms with Gasteiger partial charge in [-0.1, -0.05) is 42.2 Å². The first-order chi connectivity index (χ1) is 13.0. The number of thioether (sulfide) groups is 1. The van der Waals surface area contributed by atoms with Gasteiger partial charge in [-0.05, 0) is 29.8 Å². The topological polar surface area (TPSA) is 81.9 Å². The molecule has 27 heavy (non-hydrogen) atoms. The first-order valence-electron chi connectivity index (χ1n) is 7.69. The third kappa shape index (κ3) is 3.64. The summed E-state index contributed by atoms with van der Waals surface area (Å²) in [6.07, 6.45) is 1.57. The summed E-state index contributed by atoms with van der Waals surface area (Å²) in [5, 5.41) is 11.2. The van der Waals surface area contributed by atoms with Crippen molar-refractivity contribution < 1.29 is 19.2 Å². The quantitative estimate of drug-likeness (QED) is 0.323. The van der Waals surface area contributed by atoms with Gasteiger partial charge >= 0.3 is 5.69 Å². The first-order valence-corrected chi connectivity index (χ1v) is 8.92. The molecule has 0 N–H and O–H groups in total. The van der Waals surface area contributed by atoms with E-state index in [0.717, 1.165) is 11.8 Å². The van der Waals surface area contributed by atoms with Gasteiger partial charge in [-0.2, -0.15) is 0 Å². The summed E-state index contributed by atoms with van der Waals surface area (Å²) in [6, 6.07) is 11.6. The van der Waals surface area contributed by atoms with Gasteiger partial charge < -0.3 is 9.47 Å². The number of nitro groups is 1. The molecule has 2 aromatic rings. The Morgan fingerprint density at radius 3 is 2.52 bits per heavy atom. The minimum Gasteiger partial charge on any atom is -0.495 e. The van der Waals surface area contributed by atoms with Crippen LogP contribution in [0.4, 0.5) is 11.4 Å². The number of nitro benzene ring substituents is 1. The average molecular weight is 402 g/mol. The highest BCUT2D eigenvalue weighted by atomic mass is 32.2. The number of rotatable bonds is 5. The number of thiocarbonyl (C=S) groups is 1. The number of carbonyl (C=O) groups excluding carboxylic acids is 1. The maximum Gasteiger partial charge on any atom is 0.311 e. The highest BCUT2D eigenvalue weighted by Gasteiger charge is 2.35. The maximum atomic E-state index is 12.9. The zero-order valence-corrected chi connectivity index (χ0v) is 16.0. The molecule has 138 valence electrons. The van der Waals surface area contributed by atoms with Crippen LogP contribution >= 0.6 is 24.0 Å². The van der Waals surface area contributed by atoms with Crippen molar-refractivity contribution in [2.24, 2.45) is 0 Å². The van der Waals surface area contributed by atoms with Crippen molar-refractivity contribution in [3.05, 3.63) is 63.0 Å². The van der Waals surface area contributed by atoms with Gasteiger partial charge in [0.05, 0.1) is 29.7 Å². The SMILES string of the molecule is COc1ccccc1N1C(=O)/C(=C\c2ccc(OC)c([N+](=O)[O-])c2)SC1=S. The molecule has 1 fully saturated rings. The molecule has 0 radical (unpaired) electrons. The van der Waals surface area contributed by atoms with Crippen LogP contribution in [0.1, 0.15) is 5.56 Å². The summed E-state index contributed by atoms with van der Waals surface area (Å²) in [6.45, 7) is 0. The number of nitrogens with zero attached hydrogens (tertiary/aromatic N) is 2. The largest absolute Gasteiger partial charge is 0.495 e. The number of para-hydroxylation sites is 2. The summed E-state index contributed by atoms with van der Waals surface area (Å²) in [7, 11) is 2.88. The van der Waals surface area contributed by atoms with E-state index in [4.69, 9.17) is 21.7 Å². The van der Waals surface area contributed by atoms with Crippen molar-refractivity contribution in [3.63, 3.8) is 0 Å². The molecule has 0 bridgehead atoms. The van der Waals surface area contributed by atoms with E-state index in [1.807, 2.05) is 0 Å². The molecule has 0 unspecified atom stereocenters. The second-order valence-electron chi connectivity index (χ2n) is 5.38. The van der Waals surface area contributed by atoms with Crippen molar-refractivity contribution >= 4 is 51.7 Å². The summed E-state index contributed by atoms with van der Waals surface area (Å²) in [4.78, 5) is 25.3. The lowest BCUT2D eigenvalue weighted by atomic mass is 10.1. The van der Waals surface area contributed by atoms with Gasteiger partial charge in [0.1, 0.15) is 5.75 Å². The number of ether oxygens (including phenoxy) is 2. The van der Waals surface area contributed by atoms with Crippen LogP contribution in [0.2, 0.25) is 0 Å². The Kier molecular flexibility index (Phi) is 5.43. The standard InChI is InChI=1S/C18H14N2O5S2/c1-24-14-6-4-3-5-12(14)19-17(21)16(27-18(19)26)10-11-7-8-15(25-2)13(9-11)20(22)23/h3-10H,1-2H3/b16-10+. The van der Waals surface area contributed by atoms with E-state index in [1.165, 1.54) is 31.3 Å². The lowest BCUT2D eigenvalue weighted by molar-refractivity contribution is -0.385. The molecule has 2 aromatic carbocycles. The number of hydrogen-bond donors (Lipinski definition) is 0. The van der Waals surface area contributed by atoms with Crippen LogP contribution in [0.25, 0.3) is 6.08 Å². The van der Waals surface area contributed by atoms with E-state index in [2.05, 4.69) is 0 Å². The Labute approximate surface area is 164 Å². The molecule has 0 saturated carbocycles. The Morgan fingerprint density at radius 1 is 1.15 bits per heavy atom. The summed E-state index contributed by atoms with van der Waals surface area (Å²) < 4.78 is 10.7. The van der Waals surface area contributed by atoms with Crippen LogP contribution < -0.4 is 14.4 Å². The Morgan fingerprint density at radius 2 is 1.85 bits per heavy atom. The molecule has 1 amide bonds. The third-order valence-electron chi connectivity index (χ3n) is 3.82. The summed E-state index contributed by atoms with van der Waals surface area (Å²) in [5.74, 6) is 0.363. The van der Waals surface area contributed by atoms with E-state index in [1.54, 1.807) is 36.4 Å². The van der Waals surface area contributed by atoms with Gasteiger partial charge in [0, 0.05) is 6.07 Å². The van der Waals surface area contributed by atoms with E-state index in [9.17, 15) is 14.9 Å². The van der Waals surface area contributed by atoms with E-state index < -0.39 is 4.92 Å². The fraction of sp³-hybridized carbons (Fsp3) is 0.111. The Hall–Kier alpha value is -2.91. The van der Waals surface area contributed by atoms with Gasteiger partial charge in [0.2, 0.25) is 0 Å². The van der Waals surface area contributed by atoms with E-state index in [0.29, 0.717) is 26.2 Å². The van der Waals surface area contributed by atoms with Crippen LogP contribution in [0, 0.1) is 10.1 Å². The molecular weight excluding hydrogens is 388 g/mol. The second-order valence-corrected chi connectivity index (χ2v) is 7.05. The van der Waals surface area contributed by atoms with E-state index in [-0.39, 0.29) is 17.3 Å². The zero-order chi connectivity index (χ0) is 19.6. The van der Waals surface area contributed by atoms with Crippen molar-refractivity contribution in [1.29, 1.82) is 0 Å². The van der Waals surface area contributed by atoms with Gasteiger partial charge in [-0.3, -0.25) is 19.8 Å². The Bertz CT molecular complexity index is 974. The smallest absolute Gasteiger partial charge is 0.311 e. The molecule has 0 atom stereocenters. The fourth-order valence-corrected chi connectivity index (χ4v) is 3.87. The molecule has 3 rings (SSSR count). The average Bonchev–Trinajstić information content (AvgIpc) is 2.94. The second kappa shape index (κ2) is 7.77. The van der Waals surface area contributed by atoms with Crippen LogP contribution in [-0.2, 0) is 4.79 Å². The number of hydrogen-bond acceptors (Lipinski definition) is 7. The predicted molar refractivity (Wildman–Crippen MR) is 108 cm³/mol. The van der Waals surface area contributed by atoms with Gasteiger partial charge in [0.15, 0.2) is 10.1 Å². The lowest BCUT2D eigenvalue weighted by Gasteiger charge is -2.17. The number of anilines is 1. The number of methoxy groups -OCH3 is 2. The molecule has 7 nitrogen and oxygen atoms in total. The summed E-state index contributed by atoms with van der Waals surface area (Å²) in [5.41, 5.74) is 0.876. The number of amides is 1. The van der Waals surface area contributed by atoms with Crippen molar-refractivity contribution in [2.45, 2.75) is 0 Å². The molecule has 1 saturated heterocycles. The summed E-state index contributed by atoms with van der Waals surface area (Å²) >= 11 is 6.48. The van der Waals surface area contributed by atoms with Crippen molar-refractivity contribution in [3.8, 4) is 11.5 Å². The molecule has 9 heteroatoms. The monoisotopic (exact) mass is 402 g/mol. The fourth-order valence-electron chi connectivity index (χ4n) is 2.58. The molecule has 1 heterocycles. The highest BCUT2D eigenvalue weighted by molar-refractivity contribution is 8.27. The molecule has 0 aliphatic carbocycles. The minimum atomic E-state index is -0.532. The van der Waals surface area contributed by atoms with Crippen LogP contribution in [0.5, 0.6) is 11.5 Å². The first kappa shape index (κ1) is 18.9. The zero-order valence-electron chi connectivity index (χ0n) is 14.4. The van der Waals surface area contributed by atoms with Gasteiger partial charge in [-0.15, -0.1) is 0 Å². The van der Waals surface area contributed by atoms with Gasteiger partial charge in [0.25, 0.3) is 5.91 Å². The van der Waals surface area contributed by atoms with Crippen LogP contribution in [-0.4, -0.2) is 29.4 Å². The van der Waals surface area contributed by atoms with Crippen molar-refractivity contribution in [1.82, 2.24) is 0 Å². The predicted octanol–water partition coefficient (Wildman–Crippen LogP) is 4.02. The lowest BCUT2D eigenvalue weighted by Crippen LogP contribution is -2.27. The van der Waals surface area contributed by atoms with Crippen LogP contribution in [0.15, 0.2) is 47.4 Å². The number of benzene rings is 2. The van der Waals surface area contributed by atoms with E-state index >= 15 is 0 Å². The minimum absolute atomic E-state index is 0.152. The maximum absolute atomic E-state index is 12.9. The van der Waals surface area contributed by atoms with Crippen LogP contribution in [0.3, 0.4) is 0 Å². The molecular formula is C18H14N2O5S2. The molecule has 1 aliphatic rings. The number of carbonyl (C=O) groups is 1. The van der Waals surface area contributed by atoms with Crippen molar-refractivity contribution in [2.75, 3.05) is 19.1 Å². The molecule has 1 aliphatic heterocycles. The Balaban J connectivity index is 1.98. The molecule has 0 spiro atoms.